The van der Waals surface area contributed by atoms with Crippen molar-refractivity contribution in [2.75, 3.05) is 26.2 Å². The van der Waals surface area contributed by atoms with E-state index in [4.69, 9.17) is 0 Å². The Morgan fingerprint density at radius 3 is 2.59 bits per heavy atom. The molecule has 3 rings (SSSR count). The van der Waals surface area contributed by atoms with E-state index in [1.54, 1.807) is 0 Å². The monoisotopic (exact) mass is 236 g/mol. The van der Waals surface area contributed by atoms with Crippen molar-refractivity contribution >= 4 is 0 Å². The second-order valence-corrected chi connectivity index (χ2v) is 7.07. The fraction of sp³-hybridized carbons (Fsp3) is 1.00. The first-order chi connectivity index (χ1) is 8.18. The van der Waals surface area contributed by atoms with Gasteiger partial charge in [0.15, 0.2) is 0 Å². The average Bonchev–Trinajstić information content (AvgIpc) is 3.11. The van der Waals surface area contributed by atoms with Crippen LogP contribution in [0.15, 0.2) is 0 Å². The number of hydrogen-bond donors (Lipinski definition) is 1. The fourth-order valence-electron chi connectivity index (χ4n) is 3.62. The first-order valence-electron chi connectivity index (χ1n) is 7.64. The van der Waals surface area contributed by atoms with Crippen LogP contribution in [0.1, 0.15) is 46.0 Å². The summed E-state index contributed by atoms with van der Waals surface area (Å²) in [6, 6.07) is 0.705. The molecule has 2 unspecified atom stereocenters. The maximum Gasteiger partial charge on any atom is 0.00510 e. The van der Waals surface area contributed by atoms with Gasteiger partial charge in [-0.1, -0.05) is 6.92 Å². The number of rotatable bonds is 3. The third-order valence-corrected chi connectivity index (χ3v) is 5.14. The molecule has 0 amide bonds. The number of nitrogens with one attached hydrogen (secondary N) is 1. The van der Waals surface area contributed by atoms with Crippen LogP contribution in [0.2, 0.25) is 0 Å². The quantitative estimate of drug-likeness (QED) is 0.810. The summed E-state index contributed by atoms with van der Waals surface area (Å²) < 4.78 is 0. The summed E-state index contributed by atoms with van der Waals surface area (Å²) in [7, 11) is 0. The van der Waals surface area contributed by atoms with Gasteiger partial charge in [0.05, 0.1) is 0 Å². The standard InChI is InChI=1S/C15H28N2/c1-12-9-16-13(2)5-8-17(10-12)11-15(6-7-15)14-3-4-14/h12-14,16H,3-11H2,1-2H3. The number of nitrogens with zero attached hydrogens (tertiary/aromatic N) is 1. The van der Waals surface area contributed by atoms with E-state index in [-0.39, 0.29) is 0 Å². The van der Waals surface area contributed by atoms with Crippen LogP contribution in [0.3, 0.4) is 0 Å². The molecule has 0 aromatic heterocycles. The van der Waals surface area contributed by atoms with E-state index < -0.39 is 0 Å². The highest BCUT2D eigenvalue weighted by Gasteiger charge is 2.54. The second-order valence-electron chi connectivity index (χ2n) is 7.07. The molecule has 1 aliphatic heterocycles. The van der Waals surface area contributed by atoms with E-state index in [0.29, 0.717) is 6.04 Å². The van der Waals surface area contributed by atoms with Gasteiger partial charge in [-0.3, -0.25) is 0 Å². The SMILES string of the molecule is CC1CNC(C)CCN(CC2(C3CC3)CC2)C1. The minimum absolute atomic E-state index is 0.705. The molecule has 2 atom stereocenters. The summed E-state index contributed by atoms with van der Waals surface area (Å²) in [4.78, 5) is 2.79. The Balaban J connectivity index is 1.56. The van der Waals surface area contributed by atoms with Crippen LogP contribution < -0.4 is 5.32 Å². The maximum absolute atomic E-state index is 3.64. The highest BCUT2D eigenvalue weighted by molar-refractivity contribution is 5.05. The van der Waals surface area contributed by atoms with Crippen molar-refractivity contribution in [3.05, 3.63) is 0 Å². The highest BCUT2D eigenvalue weighted by Crippen LogP contribution is 2.61. The molecule has 0 bridgehead atoms. The Labute approximate surface area is 106 Å². The molecule has 3 fully saturated rings. The summed E-state index contributed by atoms with van der Waals surface area (Å²) >= 11 is 0. The van der Waals surface area contributed by atoms with Crippen molar-refractivity contribution in [3.8, 4) is 0 Å². The predicted octanol–water partition coefficient (Wildman–Crippen LogP) is 2.50. The van der Waals surface area contributed by atoms with Gasteiger partial charge in [-0.05, 0) is 69.4 Å². The zero-order valence-corrected chi connectivity index (χ0v) is 11.5. The molecule has 0 spiro atoms. The minimum Gasteiger partial charge on any atom is -0.314 e. The third kappa shape index (κ3) is 2.85. The summed E-state index contributed by atoms with van der Waals surface area (Å²) in [5.41, 5.74) is 0.787. The van der Waals surface area contributed by atoms with Gasteiger partial charge in [-0.15, -0.1) is 0 Å². The van der Waals surface area contributed by atoms with Gasteiger partial charge in [0.2, 0.25) is 0 Å². The van der Waals surface area contributed by atoms with Crippen molar-refractivity contribution in [1.82, 2.24) is 10.2 Å². The van der Waals surface area contributed by atoms with Crippen LogP contribution in [-0.2, 0) is 0 Å². The van der Waals surface area contributed by atoms with E-state index >= 15 is 0 Å². The highest BCUT2D eigenvalue weighted by atomic mass is 15.2. The summed E-state index contributed by atoms with van der Waals surface area (Å²) in [5, 5.41) is 3.64. The van der Waals surface area contributed by atoms with Crippen molar-refractivity contribution in [2.45, 2.75) is 52.0 Å². The van der Waals surface area contributed by atoms with E-state index in [1.807, 2.05) is 0 Å². The largest absolute Gasteiger partial charge is 0.314 e. The third-order valence-electron chi connectivity index (χ3n) is 5.14. The normalized spacial score (nSPS) is 38.5. The molecular weight excluding hydrogens is 208 g/mol. The maximum atomic E-state index is 3.64. The number of hydrogen-bond acceptors (Lipinski definition) is 2. The van der Waals surface area contributed by atoms with Gasteiger partial charge in [0, 0.05) is 19.1 Å². The lowest BCUT2D eigenvalue weighted by atomic mass is 9.98. The van der Waals surface area contributed by atoms with Crippen LogP contribution >= 0.6 is 0 Å². The summed E-state index contributed by atoms with van der Waals surface area (Å²) in [6.45, 7) is 9.97. The molecule has 3 aliphatic rings. The Morgan fingerprint density at radius 1 is 1.18 bits per heavy atom. The Bertz CT molecular complexity index is 268. The molecule has 0 radical (unpaired) electrons. The molecule has 2 heteroatoms. The van der Waals surface area contributed by atoms with E-state index in [9.17, 15) is 0 Å². The van der Waals surface area contributed by atoms with Crippen molar-refractivity contribution in [2.24, 2.45) is 17.3 Å². The molecule has 1 heterocycles. The first-order valence-corrected chi connectivity index (χ1v) is 7.64. The van der Waals surface area contributed by atoms with Crippen molar-refractivity contribution < 1.29 is 0 Å². The topological polar surface area (TPSA) is 15.3 Å². The van der Waals surface area contributed by atoms with Crippen LogP contribution in [0.4, 0.5) is 0 Å². The molecule has 2 aliphatic carbocycles. The molecule has 2 nitrogen and oxygen atoms in total. The van der Waals surface area contributed by atoms with Crippen molar-refractivity contribution in [1.29, 1.82) is 0 Å². The van der Waals surface area contributed by atoms with Crippen LogP contribution in [0.25, 0.3) is 0 Å². The van der Waals surface area contributed by atoms with Gasteiger partial charge < -0.3 is 10.2 Å². The molecule has 0 aromatic rings. The van der Waals surface area contributed by atoms with E-state index in [0.717, 1.165) is 17.3 Å². The van der Waals surface area contributed by atoms with Crippen LogP contribution in [0, 0.1) is 17.3 Å². The molecular formula is C15H28N2. The van der Waals surface area contributed by atoms with Gasteiger partial charge in [-0.25, -0.2) is 0 Å². The first kappa shape index (κ1) is 12.0. The van der Waals surface area contributed by atoms with E-state index in [2.05, 4.69) is 24.1 Å². The van der Waals surface area contributed by atoms with Crippen molar-refractivity contribution in [3.63, 3.8) is 0 Å². The zero-order valence-electron chi connectivity index (χ0n) is 11.5. The summed E-state index contributed by atoms with van der Waals surface area (Å²) in [5.74, 6) is 1.92. The van der Waals surface area contributed by atoms with Crippen LogP contribution in [0.5, 0.6) is 0 Å². The van der Waals surface area contributed by atoms with Gasteiger partial charge in [0.1, 0.15) is 0 Å². The lowest BCUT2D eigenvalue weighted by Gasteiger charge is -2.33. The predicted molar refractivity (Wildman–Crippen MR) is 72.1 cm³/mol. The van der Waals surface area contributed by atoms with Crippen LogP contribution in [-0.4, -0.2) is 37.1 Å². The lowest BCUT2D eigenvalue weighted by molar-refractivity contribution is 0.159. The lowest BCUT2D eigenvalue weighted by Crippen LogP contribution is -2.44. The Morgan fingerprint density at radius 2 is 1.94 bits per heavy atom. The van der Waals surface area contributed by atoms with E-state index in [1.165, 1.54) is 58.3 Å². The minimum atomic E-state index is 0.705. The fourth-order valence-corrected chi connectivity index (χ4v) is 3.62. The molecule has 1 N–H and O–H groups in total. The average molecular weight is 236 g/mol. The smallest absolute Gasteiger partial charge is 0.00510 e. The molecule has 98 valence electrons. The van der Waals surface area contributed by atoms with Gasteiger partial charge in [-0.2, -0.15) is 0 Å². The molecule has 0 aromatic carbocycles. The molecule has 2 saturated carbocycles. The summed E-state index contributed by atoms with van der Waals surface area (Å²) in [6.07, 6.45) is 7.43. The Hall–Kier alpha value is -0.0800. The van der Waals surface area contributed by atoms with Gasteiger partial charge in [0.25, 0.3) is 0 Å². The Kier molecular flexibility index (Phi) is 3.20. The molecule has 17 heavy (non-hydrogen) atoms. The molecule has 1 saturated heterocycles. The second kappa shape index (κ2) is 4.55. The zero-order chi connectivity index (χ0) is 11.9. The van der Waals surface area contributed by atoms with Gasteiger partial charge >= 0.3 is 0 Å².